The molecular formula is C40H51N3O7. The van der Waals surface area contributed by atoms with E-state index in [0.717, 1.165) is 16.8 Å². The van der Waals surface area contributed by atoms with Crippen molar-refractivity contribution in [2.75, 3.05) is 24.6 Å². The Bertz CT molecular complexity index is 1570. The summed E-state index contributed by atoms with van der Waals surface area (Å²) in [5.74, 6) is -3.62. The number of likely N-dealkylation sites (tertiary alicyclic amines) is 1. The van der Waals surface area contributed by atoms with Crippen molar-refractivity contribution in [3.63, 3.8) is 0 Å². The summed E-state index contributed by atoms with van der Waals surface area (Å²) in [7, 11) is 0. The van der Waals surface area contributed by atoms with Gasteiger partial charge in [-0.25, -0.2) is 0 Å². The van der Waals surface area contributed by atoms with Crippen LogP contribution >= 0.6 is 0 Å². The highest BCUT2D eigenvalue weighted by molar-refractivity contribution is 6.05. The number of esters is 1. The molecule has 50 heavy (non-hydrogen) atoms. The highest BCUT2D eigenvalue weighted by Crippen LogP contribution is 2.59. The Labute approximate surface area is 295 Å². The van der Waals surface area contributed by atoms with Gasteiger partial charge in [-0.2, -0.15) is 0 Å². The molecule has 2 bridgehead atoms. The molecule has 0 aliphatic carbocycles. The summed E-state index contributed by atoms with van der Waals surface area (Å²) in [6, 6.07) is 13.2. The number of carbonyl (C=O) groups is 4. The van der Waals surface area contributed by atoms with Crippen LogP contribution in [0.25, 0.3) is 0 Å². The lowest BCUT2D eigenvalue weighted by Crippen LogP contribution is -2.60. The number of rotatable bonds is 16. The van der Waals surface area contributed by atoms with Crippen LogP contribution < -0.4 is 10.2 Å². The molecule has 3 heterocycles. The number of hydrogen-bond acceptors (Lipinski definition) is 7. The number of nitrogens with zero attached hydrogens (tertiary/aromatic N) is 2. The standard InChI is InChI=1S/C40H51N3O7/c1-7-10-19-32(45)41-23-31(28-17-12-11-13-18-28)49-39(48)33-30-20-21-40(50-30)34(33)37(46)43(29(24-44)25(4)9-3)36(40)38(47)42(22-8-2)35-26(5)15-14-16-27(35)6/h7-8,11-18,25,29-31,33-34,36,44H,1-2,9-10,19-24H2,3-6H3,(H,41,45)/t25-,29-,30-,31+,33+,34+,36-,40+/m0/s1. The minimum atomic E-state index is -1.29. The van der Waals surface area contributed by atoms with Crippen molar-refractivity contribution >= 4 is 29.4 Å². The number of fused-ring (bicyclic) bond motifs is 1. The third kappa shape index (κ3) is 6.75. The predicted molar refractivity (Wildman–Crippen MR) is 191 cm³/mol. The van der Waals surface area contributed by atoms with E-state index >= 15 is 4.79 Å². The topological polar surface area (TPSA) is 125 Å². The molecule has 10 heteroatoms. The number of anilines is 1. The van der Waals surface area contributed by atoms with Gasteiger partial charge in [0.25, 0.3) is 5.91 Å². The average Bonchev–Trinajstić information content (AvgIpc) is 3.76. The number of aliphatic hydroxyl groups is 1. The van der Waals surface area contributed by atoms with Gasteiger partial charge in [-0.1, -0.05) is 81.0 Å². The van der Waals surface area contributed by atoms with Crippen molar-refractivity contribution in [2.24, 2.45) is 17.8 Å². The quantitative estimate of drug-likeness (QED) is 0.189. The molecule has 3 amide bonds. The number of aliphatic hydroxyl groups excluding tert-OH is 1. The number of benzene rings is 2. The molecule has 8 atom stereocenters. The van der Waals surface area contributed by atoms with Crippen molar-refractivity contribution in [2.45, 2.75) is 89.7 Å². The van der Waals surface area contributed by atoms with E-state index in [9.17, 15) is 19.5 Å². The molecule has 1 spiro atoms. The summed E-state index contributed by atoms with van der Waals surface area (Å²) in [6.45, 7) is 15.3. The zero-order chi connectivity index (χ0) is 36.2. The largest absolute Gasteiger partial charge is 0.455 e. The zero-order valence-corrected chi connectivity index (χ0v) is 29.7. The molecule has 2 aromatic carbocycles. The number of allylic oxidation sites excluding steroid dienone is 1. The Balaban J connectivity index is 1.53. The Morgan fingerprint density at radius 3 is 2.44 bits per heavy atom. The van der Waals surface area contributed by atoms with Gasteiger partial charge in [0.05, 0.1) is 37.1 Å². The first-order chi connectivity index (χ1) is 24.0. The maximum Gasteiger partial charge on any atom is 0.313 e. The van der Waals surface area contributed by atoms with Crippen LogP contribution in [0.1, 0.15) is 68.7 Å². The summed E-state index contributed by atoms with van der Waals surface area (Å²) >= 11 is 0. The number of ether oxygens (including phenoxy) is 2. The number of carbonyl (C=O) groups excluding carboxylic acids is 4. The summed E-state index contributed by atoms with van der Waals surface area (Å²) in [5, 5.41) is 13.6. The van der Waals surface area contributed by atoms with Gasteiger partial charge < -0.3 is 29.7 Å². The SMILES string of the molecule is C=CCCC(=O)NC[C@@H](OC(=O)[C@@H]1[C@@H]2CC[C@]3(O2)[C@H](C(=O)N(CC=C)c2c(C)cccc2C)N([C@@H](CO)[C@@H](C)CC)C(=O)[C@@H]13)c1ccccc1. The van der Waals surface area contributed by atoms with Crippen LogP contribution in [0.3, 0.4) is 0 Å². The second-order valence-electron chi connectivity index (χ2n) is 13.9. The molecule has 3 saturated heterocycles. The number of amides is 3. The molecule has 3 aliphatic heterocycles. The summed E-state index contributed by atoms with van der Waals surface area (Å²) in [6.07, 6.45) is 4.19. The molecule has 0 radical (unpaired) electrons. The summed E-state index contributed by atoms with van der Waals surface area (Å²) in [5.41, 5.74) is 1.93. The zero-order valence-electron chi connectivity index (χ0n) is 29.7. The maximum atomic E-state index is 15.1. The van der Waals surface area contributed by atoms with Gasteiger partial charge in [0, 0.05) is 18.7 Å². The molecule has 2 N–H and O–H groups in total. The van der Waals surface area contributed by atoms with Crippen molar-refractivity contribution < 1.29 is 33.8 Å². The van der Waals surface area contributed by atoms with E-state index in [4.69, 9.17) is 9.47 Å². The second-order valence-corrected chi connectivity index (χ2v) is 13.9. The normalized spacial score (nSPS) is 25.4. The predicted octanol–water partition coefficient (Wildman–Crippen LogP) is 4.97. The lowest BCUT2D eigenvalue weighted by molar-refractivity contribution is -0.161. The van der Waals surface area contributed by atoms with Gasteiger partial charge in [-0.05, 0) is 55.7 Å². The van der Waals surface area contributed by atoms with Crippen molar-refractivity contribution in [3.8, 4) is 0 Å². The van der Waals surface area contributed by atoms with E-state index < -0.39 is 47.7 Å². The van der Waals surface area contributed by atoms with Crippen LogP contribution in [-0.4, -0.2) is 77.2 Å². The molecule has 0 unspecified atom stereocenters. The second kappa shape index (κ2) is 15.7. The van der Waals surface area contributed by atoms with E-state index in [0.29, 0.717) is 31.2 Å². The summed E-state index contributed by atoms with van der Waals surface area (Å²) < 4.78 is 12.9. The van der Waals surface area contributed by atoms with Gasteiger partial charge in [0.1, 0.15) is 17.7 Å². The number of para-hydroxylation sites is 1. The van der Waals surface area contributed by atoms with E-state index in [1.54, 1.807) is 17.1 Å². The minimum Gasteiger partial charge on any atom is -0.455 e. The van der Waals surface area contributed by atoms with E-state index in [1.807, 2.05) is 76.2 Å². The minimum absolute atomic E-state index is 0.0495. The maximum absolute atomic E-state index is 15.1. The van der Waals surface area contributed by atoms with E-state index in [-0.39, 0.29) is 49.8 Å². The number of aryl methyl sites for hydroxylation is 2. The van der Waals surface area contributed by atoms with E-state index in [1.165, 1.54) is 4.90 Å². The molecule has 3 fully saturated rings. The molecular weight excluding hydrogens is 634 g/mol. The molecule has 10 nitrogen and oxygen atoms in total. The molecule has 5 rings (SSSR count). The fraction of sp³-hybridized carbons (Fsp3) is 0.500. The monoisotopic (exact) mass is 685 g/mol. The Kier molecular flexibility index (Phi) is 11.6. The van der Waals surface area contributed by atoms with Crippen LogP contribution in [0.15, 0.2) is 73.8 Å². The lowest BCUT2D eigenvalue weighted by Gasteiger charge is -2.41. The molecule has 268 valence electrons. The molecule has 0 saturated carbocycles. The van der Waals surface area contributed by atoms with Gasteiger partial charge >= 0.3 is 5.97 Å². The Hall–Kier alpha value is -4.28. The third-order valence-electron chi connectivity index (χ3n) is 10.9. The highest BCUT2D eigenvalue weighted by atomic mass is 16.6. The third-order valence-corrected chi connectivity index (χ3v) is 10.9. The smallest absolute Gasteiger partial charge is 0.313 e. The number of hydrogen-bond donors (Lipinski definition) is 2. The van der Waals surface area contributed by atoms with Crippen LogP contribution in [-0.2, 0) is 28.7 Å². The molecule has 3 aliphatic rings. The van der Waals surface area contributed by atoms with Gasteiger partial charge in [-0.15, -0.1) is 13.2 Å². The summed E-state index contributed by atoms with van der Waals surface area (Å²) in [4.78, 5) is 59.9. The first-order valence-corrected chi connectivity index (χ1v) is 17.8. The fourth-order valence-electron chi connectivity index (χ4n) is 8.25. The number of nitrogens with one attached hydrogen (secondary N) is 1. The van der Waals surface area contributed by atoms with Crippen molar-refractivity contribution in [1.82, 2.24) is 10.2 Å². The van der Waals surface area contributed by atoms with Gasteiger partial charge in [-0.3, -0.25) is 19.2 Å². The van der Waals surface area contributed by atoms with Gasteiger partial charge in [0.2, 0.25) is 11.8 Å². The Morgan fingerprint density at radius 2 is 1.82 bits per heavy atom. The van der Waals surface area contributed by atoms with Crippen LogP contribution in [0.2, 0.25) is 0 Å². The fourth-order valence-corrected chi connectivity index (χ4v) is 8.25. The lowest BCUT2D eigenvalue weighted by atomic mass is 9.70. The van der Waals surface area contributed by atoms with Crippen LogP contribution in [0.5, 0.6) is 0 Å². The van der Waals surface area contributed by atoms with Crippen LogP contribution in [0.4, 0.5) is 5.69 Å². The first kappa shape index (κ1) is 37.0. The van der Waals surface area contributed by atoms with Gasteiger partial charge in [0.15, 0.2) is 0 Å². The molecule has 0 aromatic heterocycles. The van der Waals surface area contributed by atoms with Crippen molar-refractivity contribution in [3.05, 3.63) is 90.5 Å². The van der Waals surface area contributed by atoms with E-state index in [2.05, 4.69) is 18.5 Å². The Morgan fingerprint density at radius 1 is 1.12 bits per heavy atom. The highest BCUT2D eigenvalue weighted by Gasteiger charge is 2.76. The van der Waals surface area contributed by atoms with Crippen molar-refractivity contribution in [1.29, 1.82) is 0 Å². The average molecular weight is 686 g/mol. The molecule has 2 aromatic rings. The first-order valence-electron chi connectivity index (χ1n) is 17.8. The van der Waals surface area contributed by atoms with Crippen LogP contribution in [0, 0.1) is 31.6 Å².